The van der Waals surface area contributed by atoms with Crippen molar-refractivity contribution < 1.29 is 0 Å². The second-order valence-electron chi connectivity index (χ2n) is 5.32. The highest BCUT2D eigenvalue weighted by Crippen LogP contribution is 2.36. The van der Waals surface area contributed by atoms with Gasteiger partial charge in [-0.3, -0.25) is 0 Å². The summed E-state index contributed by atoms with van der Waals surface area (Å²) in [4.78, 5) is 4.52. The van der Waals surface area contributed by atoms with Crippen molar-refractivity contribution >= 4 is 0 Å². The third kappa shape index (κ3) is 1.51. The van der Waals surface area contributed by atoms with Crippen molar-refractivity contribution in [3.63, 3.8) is 0 Å². The second kappa shape index (κ2) is 3.95. The van der Waals surface area contributed by atoms with Gasteiger partial charge in [0.05, 0.1) is 12.0 Å². The first kappa shape index (κ1) is 10.3. The van der Waals surface area contributed by atoms with Gasteiger partial charge >= 0.3 is 0 Å². The number of aromatic nitrogens is 2. The predicted molar refractivity (Wildman–Crippen MR) is 70.5 cm³/mol. The minimum absolute atomic E-state index is 0.689. The Bertz CT molecular complexity index is 585. The molecule has 1 aliphatic carbocycles. The van der Waals surface area contributed by atoms with Gasteiger partial charge in [0.1, 0.15) is 0 Å². The molecule has 4 rings (SSSR count). The molecule has 1 aliphatic heterocycles. The van der Waals surface area contributed by atoms with Gasteiger partial charge in [0.15, 0.2) is 0 Å². The summed E-state index contributed by atoms with van der Waals surface area (Å²) in [6.07, 6.45) is 4.36. The lowest BCUT2D eigenvalue weighted by molar-refractivity contribution is 0.488. The molecule has 3 nitrogen and oxygen atoms in total. The average Bonchev–Trinajstić information content (AvgIpc) is 2.79. The van der Waals surface area contributed by atoms with Gasteiger partial charge in [-0.15, -0.1) is 0 Å². The topological polar surface area (TPSA) is 29.9 Å². The fraction of sp³-hybridized carbons (Fsp3) is 0.400. The van der Waals surface area contributed by atoms with Crippen molar-refractivity contribution in [2.24, 2.45) is 0 Å². The molecule has 1 atom stereocenters. The summed E-state index contributed by atoms with van der Waals surface area (Å²) in [5.74, 6) is 0.689. The Balaban J connectivity index is 1.58. The summed E-state index contributed by atoms with van der Waals surface area (Å²) in [5, 5.41) is 3.38. The molecule has 0 fully saturated rings. The molecule has 92 valence electrons. The maximum atomic E-state index is 4.52. The average molecular weight is 239 g/mol. The normalized spacial score (nSPS) is 21.0. The van der Waals surface area contributed by atoms with Crippen molar-refractivity contribution in [1.82, 2.24) is 14.9 Å². The number of fused-ring (bicyclic) bond motifs is 2. The molecular formula is C15H17N3. The summed E-state index contributed by atoms with van der Waals surface area (Å²) >= 11 is 0. The van der Waals surface area contributed by atoms with Gasteiger partial charge in [0.2, 0.25) is 0 Å². The number of hydrogen-bond donors (Lipinski definition) is 1. The van der Waals surface area contributed by atoms with Crippen LogP contribution in [0.5, 0.6) is 0 Å². The quantitative estimate of drug-likeness (QED) is 0.867. The number of hydrogen-bond acceptors (Lipinski definition) is 2. The SMILES string of the molecule is c1ccc2c(c1)CC2Cn1cnc2c1CCNC2. The maximum absolute atomic E-state index is 4.52. The fourth-order valence-electron chi connectivity index (χ4n) is 3.22. The number of benzene rings is 1. The molecule has 3 heteroatoms. The lowest BCUT2D eigenvalue weighted by atomic mass is 9.77. The number of imidazole rings is 1. The molecule has 1 aromatic heterocycles. The van der Waals surface area contributed by atoms with Crippen LogP contribution in [0.2, 0.25) is 0 Å². The maximum Gasteiger partial charge on any atom is 0.0952 e. The molecule has 1 N–H and O–H groups in total. The highest BCUT2D eigenvalue weighted by Gasteiger charge is 2.27. The van der Waals surface area contributed by atoms with E-state index in [2.05, 4.69) is 39.1 Å². The van der Waals surface area contributed by atoms with Crippen molar-refractivity contribution in [2.75, 3.05) is 6.54 Å². The Morgan fingerprint density at radius 3 is 3.22 bits per heavy atom. The zero-order valence-electron chi connectivity index (χ0n) is 10.4. The molecule has 0 bridgehead atoms. The van der Waals surface area contributed by atoms with Gasteiger partial charge < -0.3 is 9.88 Å². The minimum atomic E-state index is 0.689. The van der Waals surface area contributed by atoms with Crippen molar-refractivity contribution in [2.45, 2.75) is 31.8 Å². The van der Waals surface area contributed by atoms with E-state index in [-0.39, 0.29) is 0 Å². The number of rotatable bonds is 2. The molecule has 0 amide bonds. The summed E-state index contributed by atoms with van der Waals surface area (Å²) in [6, 6.07) is 8.81. The van der Waals surface area contributed by atoms with Crippen LogP contribution in [0.4, 0.5) is 0 Å². The minimum Gasteiger partial charge on any atom is -0.334 e. The molecule has 2 aromatic rings. The molecule has 2 heterocycles. The van der Waals surface area contributed by atoms with Gasteiger partial charge in [-0.25, -0.2) is 4.98 Å². The van der Waals surface area contributed by atoms with Crippen LogP contribution >= 0.6 is 0 Å². The van der Waals surface area contributed by atoms with E-state index in [1.165, 1.54) is 28.9 Å². The van der Waals surface area contributed by atoms with Gasteiger partial charge in [-0.2, -0.15) is 0 Å². The highest BCUT2D eigenvalue weighted by atomic mass is 15.1. The van der Waals surface area contributed by atoms with E-state index in [9.17, 15) is 0 Å². The first-order chi connectivity index (χ1) is 8.92. The predicted octanol–water partition coefficient (Wildman–Crippen LogP) is 1.87. The molecule has 18 heavy (non-hydrogen) atoms. The second-order valence-corrected chi connectivity index (χ2v) is 5.32. The number of nitrogens with one attached hydrogen (secondary N) is 1. The first-order valence-electron chi connectivity index (χ1n) is 6.73. The van der Waals surface area contributed by atoms with Crippen molar-refractivity contribution in [3.05, 3.63) is 53.1 Å². The summed E-state index contributed by atoms with van der Waals surface area (Å²) < 4.78 is 2.37. The lowest BCUT2D eigenvalue weighted by Gasteiger charge is -2.31. The Hall–Kier alpha value is -1.61. The van der Waals surface area contributed by atoms with Gasteiger partial charge in [0, 0.05) is 37.7 Å². The molecular weight excluding hydrogens is 222 g/mol. The number of nitrogens with zero attached hydrogens (tertiary/aromatic N) is 2. The van der Waals surface area contributed by atoms with Crippen LogP contribution < -0.4 is 5.32 Å². The van der Waals surface area contributed by atoms with Crippen LogP contribution in [0.1, 0.15) is 28.4 Å². The van der Waals surface area contributed by atoms with Crippen molar-refractivity contribution in [1.29, 1.82) is 0 Å². The first-order valence-corrected chi connectivity index (χ1v) is 6.73. The summed E-state index contributed by atoms with van der Waals surface area (Å²) in [7, 11) is 0. The van der Waals surface area contributed by atoms with E-state index < -0.39 is 0 Å². The lowest BCUT2D eigenvalue weighted by Crippen LogP contribution is -2.27. The van der Waals surface area contributed by atoms with Crippen LogP contribution in [0, 0.1) is 0 Å². The van der Waals surface area contributed by atoms with Crippen LogP contribution in [-0.2, 0) is 25.9 Å². The third-order valence-electron chi connectivity index (χ3n) is 4.24. The Kier molecular flexibility index (Phi) is 2.27. The molecule has 1 aromatic carbocycles. The van der Waals surface area contributed by atoms with E-state index >= 15 is 0 Å². The Labute approximate surface area is 107 Å². The van der Waals surface area contributed by atoms with Crippen LogP contribution in [0.3, 0.4) is 0 Å². The van der Waals surface area contributed by atoms with Crippen LogP contribution in [0.25, 0.3) is 0 Å². The third-order valence-corrected chi connectivity index (χ3v) is 4.24. The monoisotopic (exact) mass is 239 g/mol. The van der Waals surface area contributed by atoms with Gasteiger partial charge in [-0.1, -0.05) is 24.3 Å². The molecule has 0 radical (unpaired) electrons. The van der Waals surface area contributed by atoms with E-state index in [0.717, 1.165) is 26.1 Å². The Morgan fingerprint density at radius 2 is 2.28 bits per heavy atom. The smallest absolute Gasteiger partial charge is 0.0952 e. The largest absolute Gasteiger partial charge is 0.334 e. The highest BCUT2D eigenvalue weighted by molar-refractivity contribution is 5.39. The van der Waals surface area contributed by atoms with Crippen molar-refractivity contribution in [3.8, 4) is 0 Å². The van der Waals surface area contributed by atoms with Crippen LogP contribution in [-0.4, -0.2) is 16.1 Å². The van der Waals surface area contributed by atoms with E-state index in [4.69, 9.17) is 0 Å². The van der Waals surface area contributed by atoms with Gasteiger partial charge in [-0.05, 0) is 17.5 Å². The fourth-order valence-corrected chi connectivity index (χ4v) is 3.22. The summed E-state index contributed by atoms with van der Waals surface area (Å²) in [5.41, 5.74) is 5.75. The van der Waals surface area contributed by atoms with Crippen LogP contribution in [0.15, 0.2) is 30.6 Å². The van der Waals surface area contributed by atoms with E-state index in [0.29, 0.717) is 5.92 Å². The van der Waals surface area contributed by atoms with E-state index in [1.54, 1.807) is 0 Å². The Morgan fingerprint density at radius 1 is 1.33 bits per heavy atom. The molecule has 0 saturated heterocycles. The standard InChI is InChI=1S/C15H17N3/c1-2-4-13-11(3-1)7-12(13)9-18-10-17-14-8-16-6-5-15(14)18/h1-4,10,12,16H,5-9H2. The van der Waals surface area contributed by atoms with Gasteiger partial charge in [0.25, 0.3) is 0 Å². The zero-order chi connectivity index (χ0) is 11.9. The van der Waals surface area contributed by atoms with E-state index in [1.807, 2.05) is 6.33 Å². The molecule has 0 saturated carbocycles. The zero-order valence-corrected chi connectivity index (χ0v) is 10.4. The molecule has 2 aliphatic rings. The summed E-state index contributed by atoms with van der Waals surface area (Å²) in [6.45, 7) is 3.11. The molecule has 1 unspecified atom stereocenters. The molecule has 0 spiro atoms.